The molecular weight excluding hydrogens is 206 g/mol. The fraction of sp³-hybridized carbons (Fsp3) is 0.273. The van der Waals surface area contributed by atoms with Gasteiger partial charge < -0.3 is 15.4 Å². The van der Waals surface area contributed by atoms with Crippen molar-refractivity contribution < 1.29 is 9.53 Å². The van der Waals surface area contributed by atoms with Crippen molar-refractivity contribution in [1.29, 1.82) is 5.26 Å². The van der Waals surface area contributed by atoms with E-state index in [1.54, 1.807) is 25.2 Å². The molecule has 0 atom stereocenters. The number of amides is 1. The van der Waals surface area contributed by atoms with E-state index in [1.165, 1.54) is 7.11 Å². The van der Waals surface area contributed by atoms with E-state index in [4.69, 9.17) is 10.00 Å². The molecule has 0 fully saturated rings. The fourth-order valence-corrected chi connectivity index (χ4v) is 1.27. The molecule has 0 aliphatic rings. The second-order valence-corrected chi connectivity index (χ2v) is 3.07. The molecule has 0 unspecified atom stereocenters. The largest absolute Gasteiger partial charge is 0.495 e. The molecule has 0 aliphatic carbocycles. The van der Waals surface area contributed by atoms with Gasteiger partial charge in [-0.1, -0.05) is 6.07 Å². The van der Waals surface area contributed by atoms with Gasteiger partial charge in [-0.05, 0) is 19.2 Å². The van der Waals surface area contributed by atoms with E-state index >= 15 is 0 Å². The Morgan fingerprint density at radius 1 is 1.56 bits per heavy atom. The predicted molar refractivity (Wildman–Crippen MR) is 60.3 cm³/mol. The maximum Gasteiger partial charge on any atom is 0.238 e. The van der Waals surface area contributed by atoms with Crippen molar-refractivity contribution in [3.05, 3.63) is 23.8 Å². The van der Waals surface area contributed by atoms with E-state index in [0.29, 0.717) is 17.0 Å². The third kappa shape index (κ3) is 2.72. The molecule has 5 heteroatoms. The van der Waals surface area contributed by atoms with Crippen LogP contribution in [0.25, 0.3) is 0 Å². The average Bonchev–Trinajstić information content (AvgIpc) is 2.29. The molecule has 2 N–H and O–H groups in total. The van der Waals surface area contributed by atoms with Gasteiger partial charge in [0.25, 0.3) is 0 Å². The highest BCUT2D eigenvalue weighted by atomic mass is 16.5. The maximum atomic E-state index is 11.4. The van der Waals surface area contributed by atoms with Crippen molar-refractivity contribution in [2.24, 2.45) is 0 Å². The first-order valence-corrected chi connectivity index (χ1v) is 4.74. The Kier molecular flexibility index (Phi) is 4.30. The summed E-state index contributed by atoms with van der Waals surface area (Å²) in [5, 5.41) is 14.3. The van der Waals surface area contributed by atoms with Crippen LogP contribution in [0.4, 0.5) is 5.69 Å². The first-order chi connectivity index (χ1) is 7.72. The summed E-state index contributed by atoms with van der Waals surface area (Å²) >= 11 is 0. The zero-order valence-corrected chi connectivity index (χ0v) is 9.20. The lowest BCUT2D eigenvalue weighted by Crippen LogP contribution is -2.25. The van der Waals surface area contributed by atoms with Gasteiger partial charge in [-0.25, -0.2) is 0 Å². The zero-order valence-electron chi connectivity index (χ0n) is 9.20. The summed E-state index contributed by atoms with van der Waals surface area (Å²) in [6.07, 6.45) is 0. The van der Waals surface area contributed by atoms with Crippen LogP contribution in [0.1, 0.15) is 5.56 Å². The molecule has 5 nitrogen and oxygen atoms in total. The summed E-state index contributed by atoms with van der Waals surface area (Å²) in [6.45, 7) is 0.183. The summed E-state index contributed by atoms with van der Waals surface area (Å²) in [7, 11) is 3.16. The van der Waals surface area contributed by atoms with Crippen LogP contribution in [0, 0.1) is 11.3 Å². The molecule has 16 heavy (non-hydrogen) atoms. The SMILES string of the molecule is CNCC(=O)Nc1c(C#N)cccc1OC. The number of likely N-dealkylation sites (N-methyl/N-ethyl adjacent to an activating group) is 1. The quantitative estimate of drug-likeness (QED) is 0.782. The van der Waals surface area contributed by atoms with Crippen molar-refractivity contribution >= 4 is 11.6 Å². The number of nitrogens with zero attached hydrogens (tertiary/aromatic N) is 1. The monoisotopic (exact) mass is 219 g/mol. The molecule has 1 aromatic rings. The molecule has 1 aromatic carbocycles. The number of methoxy groups -OCH3 is 1. The Hall–Kier alpha value is -2.06. The second-order valence-electron chi connectivity index (χ2n) is 3.07. The number of nitriles is 1. The van der Waals surface area contributed by atoms with Crippen LogP contribution < -0.4 is 15.4 Å². The lowest BCUT2D eigenvalue weighted by atomic mass is 10.2. The Morgan fingerprint density at radius 3 is 2.88 bits per heavy atom. The van der Waals surface area contributed by atoms with Crippen molar-refractivity contribution in [2.45, 2.75) is 0 Å². The molecule has 0 radical (unpaired) electrons. The minimum atomic E-state index is -0.219. The second kappa shape index (κ2) is 5.73. The van der Waals surface area contributed by atoms with E-state index in [-0.39, 0.29) is 12.5 Å². The first-order valence-electron chi connectivity index (χ1n) is 4.74. The highest BCUT2D eigenvalue weighted by Gasteiger charge is 2.11. The third-order valence-electron chi connectivity index (χ3n) is 1.97. The van der Waals surface area contributed by atoms with Gasteiger partial charge in [0.2, 0.25) is 5.91 Å². The van der Waals surface area contributed by atoms with E-state index in [1.807, 2.05) is 6.07 Å². The number of carbonyl (C=O) groups is 1. The van der Waals surface area contributed by atoms with Gasteiger partial charge >= 0.3 is 0 Å². The van der Waals surface area contributed by atoms with E-state index < -0.39 is 0 Å². The molecule has 1 amide bonds. The number of para-hydroxylation sites is 1. The number of benzene rings is 1. The Labute approximate surface area is 94.0 Å². The molecule has 0 heterocycles. The Bertz CT molecular complexity index is 424. The minimum absolute atomic E-state index is 0.183. The first kappa shape index (κ1) is 12.0. The van der Waals surface area contributed by atoms with Crippen LogP contribution in [0.5, 0.6) is 5.75 Å². The van der Waals surface area contributed by atoms with Crippen LogP contribution >= 0.6 is 0 Å². The Balaban J connectivity index is 3.01. The number of rotatable bonds is 4. The van der Waals surface area contributed by atoms with Gasteiger partial charge in [0.05, 0.1) is 19.2 Å². The van der Waals surface area contributed by atoms with Gasteiger partial charge in [-0.15, -0.1) is 0 Å². The summed E-state index contributed by atoms with van der Waals surface area (Å²) in [4.78, 5) is 11.4. The number of carbonyl (C=O) groups excluding carboxylic acids is 1. The van der Waals surface area contributed by atoms with Gasteiger partial charge in [0.15, 0.2) is 0 Å². The molecule has 0 spiro atoms. The number of anilines is 1. The van der Waals surface area contributed by atoms with Gasteiger partial charge in [0.1, 0.15) is 17.5 Å². The summed E-state index contributed by atoms with van der Waals surface area (Å²) < 4.78 is 5.08. The maximum absolute atomic E-state index is 11.4. The normalized spacial score (nSPS) is 9.31. The van der Waals surface area contributed by atoms with Crippen molar-refractivity contribution in [3.63, 3.8) is 0 Å². The van der Waals surface area contributed by atoms with E-state index in [2.05, 4.69) is 10.6 Å². The van der Waals surface area contributed by atoms with Gasteiger partial charge in [-0.3, -0.25) is 4.79 Å². The molecule has 0 saturated heterocycles. The molecule has 0 aliphatic heterocycles. The molecule has 1 rings (SSSR count). The summed E-state index contributed by atoms with van der Waals surface area (Å²) in [5.41, 5.74) is 0.788. The minimum Gasteiger partial charge on any atom is -0.495 e. The average molecular weight is 219 g/mol. The van der Waals surface area contributed by atoms with Crippen molar-refractivity contribution in [1.82, 2.24) is 5.32 Å². The lowest BCUT2D eigenvalue weighted by Gasteiger charge is -2.11. The number of ether oxygens (including phenoxy) is 1. The van der Waals surface area contributed by atoms with Crippen LogP contribution in [0.3, 0.4) is 0 Å². The molecule has 84 valence electrons. The van der Waals surface area contributed by atoms with Crippen molar-refractivity contribution in [3.8, 4) is 11.8 Å². The molecule has 0 saturated carbocycles. The topological polar surface area (TPSA) is 74.2 Å². The highest BCUT2D eigenvalue weighted by molar-refractivity contribution is 5.95. The molecule has 0 bridgehead atoms. The predicted octanol–water partition coefficient (Wildman–Crippen LogP) is 0.725. The van der Waals surface area contributed by atoms with Gasteiger partial charge in [-0.2, -0.15) is 5.26 Å². The smallest absolute Gasteiger partial charge is 0.238 e. The number of hydrogen-bond donors (Lipinski definition) is 2. The number of nitrogens with one attached hydrogen (secondary N) is 2. The zero-order chi connectivity index (χ0) is 12.0. The van der Waals surface area contributed by atoms with Crippen LogP contribution in [-0.2, 0) is 4.79 Å². The van der Waals surface area contributed by atoms with Gasteiger partial charge in [0, 0.05) is 0 Å². The van der Waals surface area contributed by atoms with Crippen LogP contribution in [-0.4, -0.2) is 26.6 Å². The molecule has 0 aromatic heterocycles. The fourth-order valence-electron chi connectivity index (χ4n) is 1.27. The van der Waals surface area contributed by atoms with Crippen LogP contribution in [0.15, 0.2) is 18.2 Å². The molecular formula is C11H13N3O2. The van der Waals surface area contributed by atoms with Crippen LogP contribution in [0.2, 0.25) is 0 Å². The summed E-state index contributed by atoms with van der Waals surface area (Å²) in [5.74, 6) is 0.256. The Morgan fingerprint density at radius 2 is 2.31 bits per heavy atom. The third-order valence-corrected chi connectivity index (χ3v) is 1.97. The lowest BCUT2D eigenvalue weighted by molar-refractivity contribution is -0.115. The number of hydrogen-bond acceptors (Lipinski definition) is 4. The van der Waals surface area contributed by atoms with Crippen molar-refractivity contribution in [2.75, 3.05) is 26.0 Å². The standard InChI is InChI=1S/C11H13N3O2/c1-13-7-10(15)14-11-8(6-12)4-3-5-9(11)16-2/h3-5,13H,7H2,1-2H3,(H,14,15). The van der Waals surface area contributed by atoms with E-state index in [0.717, 1.165) is 0 Å². The highest BCUT2D eigenvalue weighted by Crippen LogP contribution is 2.27. The van der Waals surface area contributed by atoms with E-state index in [9.17, 15) is 4.79 Å². The summed E-state index contributed by atoms with van der Waals surface area (Å²) in [6, 6.07) is 7.01.